The lowest BCUT2D eigenvalue weighted by Gasteiger charge is -2.28. The summed E-state index contributed by atoms with van der Waals surface area (Å²) in [6.45, 7) is 10.3. The van der Waals surface area contributed by atoms with Crippen molar-refractivity contribution in [1.82, 2.24) is 0 Å². The number of carbonyl (C=O) groups excluding carboxylic acids is 1. The van der Waals surface area contributed by atoms with Crippen molar-refractivity contribution in [3.8, 4) is 0 Å². The lowest BCUT2D eigenvalue weighted by atomic mass is 9.80. The van der Waals surface area contributed by atoms with Crippen molar-refractivity contribution in [3.63, 3.8) is 0 Å². The van der Waals surface area contributed by atoms with Crippen molar-refractivity contribution in [2.45, 2.75) is 92.1 Å². The number of hydrogen-bond acceptors (Lipinski definition) is 2. The van der Waals surface area contributed by atoms with Gasteiger partial charge in [0.2, 0.25) is 0 Å². The highest BCUT2D eigenvalue weighted by molar-refractivity contribution is 5.76. The zero-order valence-corrected chi connectivity index (χ0v) is 13.1. The van der Waals surface area contributed by atoms with E-state index in [4.69, 9.17) is 4.74 Å². The molecule has 0 aromatic heterocycles. The molecule has 1 unspecified atom stereocenters. The Kier molecular flexibility index (Phi) is 9.13. The van der Waals surface area contributed by atoms with Gasteiger partial charge in [-0.1, -0.05) is 52.4 Å². The molecule has 0 amide bonds. The van der Waals surface area contributed by atoms with Gasteiger partial charge in [-0.25, -0.2) is 0 Å². The third-order valence-electron chi connectivity index (χ3n) is 3.50. The van der Waals surface area contributed by atoms with Gasteiger partial charge in [-0.15, -0.1) is 0 Å². The van der Waals surface area contributed by atoms with Crippen LogP contribution in [0.1, 0.15) is 86.0 Å². The van der Waals surface area contributed by atoms with E-state index in [-0.39, 0.29) is 17.5 Å². The molecule has 108 valence electrons. The molecular formula is C16H32O2. The lowest BCUT2D eigenvalue weighted by Crippen LogP contribution is -2.32. The van der Waals surface area contributed by atoms with E-state index in [2.05, 4.69) is 20.8 Å². The number of esters is 1. The molecule has 0 aromatic rings. The standard InChI is InChI=1S/C16H32O2/c1-6-8-10-11-13-16(5,12-9-7-2)15(17)18-14(3)4/h14H,6-13H2,1-5H3. The van der Waals surface area contributed by atoms with E-state index in [1.165, 1.54) is 19.3 Å². The van der Waals surface area contributed by atoms with Crippen molar-refractivity contribution >= 4 is 5.97 Å². The molecule has 0 N–H and O–H groups in total. The number of hydrogen-bond donors (Lipinski definition) is 0. The monoisotopic (exact) mass is 256 g/mol. The molecule has 0 saturated carbocycles. The minimum Gasteiger partial charge on any atom is -0.463 e. The van der Waals surface area contributed by atoms with Crippen LogP contribution < -0.4 is 0 Å². The summed E-state index contributed by atoms with van der Waals surface area (Å²) in [7, 11) is 0. The Bertz CT molecular complexity index is 223. The summed E-state index contributed by atoms with van der Waals surface area (Å²) in [6.07, 6.45) is 9.05. The highest BCUT2D eigenvalue weighted by Gasteiger charge is 2.34. The quantitative estimate of drug-likeness (QED) is 0.401. The number of ether oxygens (including phenoxy) is 1. The lowest BCUT2D eigenvalue weighted by molar-refractivity contribution is -0.160. The van der Waals surface area contributed by atoms with E-state index >= 15 is 0 Å². The molecule has 0 rings (SSSR count). The third kappa shape index (κ3) is 7.03. The van der Waals surface area contributed by atoms with Crippen LogP contribution in [0.2, 0.25) is 0 Å². The zero-order chi connectivity index (χ0) is 14.0. The van der Waals surface area contributed by atoms with Gasteiger partial charge in [0.05, 0.1) is 11.5 Å². The van der Waals surface area contributed by atoms with Crippen LogP contribution in [-0.2, 0) is 9.53 Å². The van der Waals surface area contributed by atoms with Gasteiger partial charge in [0.15, 0.2) is 0 Å². The van der Waals surface area contributed by atoms with Gasteiger partial charge in [-0.05, 0) is 33.6 Å². The molecule has 2 nitrogen and oxygen atoms in total. The minimum absolute atomic E-state index is 0.00227. The van der Waals surface area contributed by atoms with Crippen LogP contribution in [0.15, 0.2) is 0 Å². The Labute approximate surface area is 113 Å². The van der Waals surface area contributed by atoms with E-state index in [0.717, 1.165) is 32.1 Å². The normalized spacial score (nSPS) is 14.6. The fourth-order valence-corrected chi connectivity index (χ4v) is 2.19. The van der Waals surface area contributed by atoms with Gasteiger partial charge in [0.1, 0.15) is 0 Å². The van der Waals surface area contributed by atoms with Crippen molar-refractivity contribution in [1.29, 1.82) is 0 Å². The summed E-state index contributed by atoms with van der Waals surface area (Å²) < 4.78 is 5.43. The van der Waals surface area contributed by atoms with Crippen LogP contribution in [0, 0.1) is 5.41 Å². The SMILES string of the molecule is CCCCCCC(C)(CCCC)C(=O)OC(C)C. The summed E-state index contributed by atoms with van der Waals surface area (Å²) in [5.41, 5.74) is -0.270. The van der Waals surface area contributed by atoms with E-state index in [1.807, 2.05) is 13.8 Å². The second kappa shape index (κ2) is 9.41. The maximum Gasteiger partial charge on any atom is 0.312 e. The van der Waals surface area contributed by atoms with E-state index in [1.54, 1.807) is 0 Å². The number of rotatable bonds is 10. The van der Waals surface area contributed by atoms with Gasteiger partial charge < -0.3 is 4.74 Å². The predicted octanol–water partition coefficient (Wildman–Crippen LogP) is 5.10. The van der Waals surface area contributed by atoms with Crippen LogP contribution in [-0.4, -0.2) is 12.1 Å². The summed E-state index contributed by atoms with van der Waals surface area (Å²) in [6, 6.07) is 0. The average molecular weight is 256 g/mol. The number of unbranched alkanes of at least 4 members (excludes halogenated alkanes) is 4. The Morgan fingerprint density at radius 1 is 1.00 bits per heavy atom. The van der Waals surface area contributed by atoms with Gasteiger partial charge in [0, 0.05) is 0 Å². The van der Waals surface area contributed by atoms with Crippen LogP contribution in [0.4, 0.5) is 0 Å². The molecule has 1 atom stereocenters. The molecule has 0 heterocycles. The molecule has 0 fully saturated rings. The smallest absolute Gasteiger partial charge is 0.312 e. The van der Waals surface area contributed by atoms with Crippen molar-refractivity contribution in [2.75, 3.05) is 0 Å². The largest absolute Gasteiger partial charge is 0.463 e. The van der Waals surface area contributed by atoms with E-state index in [9.17, 15) is 4.79 Å². The minimum atomic E-state index is -0.270. The predicted molar refractivity (Wildman–Crippen MR) is 77.6 cm³/mol. The van der Waals surface area contributed by atoms with E-state index in [0.29, 0.717) is 0 Å². The maximum atomic E-state index is 12.2. The summed E-state index contributed by atoms with van der Waals surface area (Å²) in [5, 5.41) is 0. The summed E-state index contributed by atoms with van der Waals surface area (Å²) >= 11 is 0. The average Bonchev–Trinajstić information content (AvgIpc) is 2.31. The van der Waals surface area contributed by atoms with Crippen molar-refractivity contribution in [3.05, 3.63) is 0 Å². The van der Waals surface area contributed by atoms with Crippen LogP contribution in [0.3, 0.4) is 0 Å². The first-order valence-electron chi connectivity index (χ1n) is 7.67. The van der Waals surface area contributed by atoms with Crippen molar-refractivity contribution < 1.29 is 9.53 Å². The molecule has 0 saturated heterocycles. The van der Waals surface area contributed by atoms with Crippen LogP contribution >= 0.6 is 0 Å². The van der Waals surface area contributed by atoms with E-state index < -0.39 is 0 Å². The number of carbonyl (C=O) groups is 1. The molecule has 0 aliphatic carbocycles. The molecule has 2 heteroatoms. The topological polar surface area (TPSA) is 26.3 Å². The maximum absolute atomic E-state index is 12.2. The highest BCUT2D eigenvalue weighted by atomic mass is 16.5. The van der Waals surface area contributed by atoms with Gasteiger partial charge in [0.25, 0.3) is 0 Å². The zero-order valence-electron chi connectivity index (χ0n) is 13.1. The Morgan fingerprint density at radius 2 is 1.56 bits per heavy atom. The van der Waals surface area contributed by atoms with Crippen LogP contribution in [0.5, 0.6) is 0 Å². The fraction of sp³-hybridized carbons (Fsp3) is 0.938. The second-order valence-corrected chi connectivity index (χ2v) is 5.93. The molecule has 18 heavy (non-hydrogen) atoms. The first kappa shape index (κ1) is 17.5. The molecule has 0 radical (unpaired) electrons. The molecule has 0 aromatic carbocycles. The Balaban J connectivity index is 4.35. The first-order valence-corrected chi connectivity index (χ1v) is 7.67. The molecule has 0 bridgehead atoms. The van der Waals surface area contributed by atoms with Crippen LogP contribution in [0.25, 0.3) is 0 Å². The second-order valence-electron chi connectivity index (χ2n) is 5.93. The summed E-state index contributed by atoms with van der Waals surface area (Å²) in [4.78, 5) is 12.2. The third-order valence-corrected chi connectivity index (χ3v) is 3.50. The molecular weight excluding hydrogens is 224 g/mol. The molecule has 0 aliphatic rings. The molecule has 0 spiro atoms. The van der Waals surface area contributed by atoms with Gasteiger partial charge in [-0.2, -0.15) is 0 Å². The van der Waals surface area contributed by atoms with Gasteiger partial charge in [-0.3, -0.25) is 4.79 Å². The molecule has 0 aliphatic heterocycles. The fourth-order valence-electron chi connectivity index (χ4n) is 2.19. The van der Waals surface area contributed by atoms with Crippen molar-refractivity contribution in [2.24, 2.45) is 5.41 Å². The van der Waals surface area contributed by atoms with Gasteiger partial charge >= 0.3 is 5.97 Å². The first-order chi connectivity index (χ1) is 8.46. The summed E-state index contributed by atoms with van der Waals surface area (Å²) in [5.74, 6) is 0.00227. The Hall–Kier alpha value is -0.530. The highest BCUT2D eigenvalue weighted by Crippen LogP contribution is 2.32. The Morgan fingerprint density at radius 3 is 2.06 bits per heavy atom.